The summed E-state index contributed by atoms with van der Waals surface area (Å²) in [6, 6.07) is 6.15. The zero-order valence-electron chi connectivity index (χ0n) is 15.1. The SMILES string of the molecule is CC1CCc2[nH]nc(C(=O)NCc3ccc4c(c3)CC(C)(C)O4)c2C1. The molecule has 1 aliphatic carbocycles. The van der Waals surface area contributed by atoms with Gasteiger partial charge in [-0.15, -0.1) is 0 Å². The Morgan fingerprint density at radius 2 is 2.28 bits per heavy atom. The number of carbonyl (C=O) groups is 1. The number of nitrogens with one attached hydrogen (secondary N) is 2. The predicted octanol–water partition coefficient (Wildman–Crippen LogP) is 3.18. The fourth-order valence-corrected chi connectivity index (χ4v) is 3.90. The number of aromatic amines is 1. The average Bonchev–Trinajstić information content (AvgIpc) is 3.10. The molecule has 1 aromatic carbocycles. The lowest BCUT2D eigenvalue weighted by molar-refractivity contribution is 0.0944. The number of H-pyrrole nitrogens is 1. The number of nitrogens with zero attached hydrogens (tertiary/aromatic N) is 1. The van der Waals surface area contributed by atoms with Gasteiger partial charge in [0.05, 0.1) is 0 Å². The molecular formula is C20H25N3O2. The minimum Gasteiger partial charge on any atom is -0.487 e. The lowest BCUT2D eigenvalue weighted by Crippen LogP contribution is -2.25. The number of hydrogen-bond acceptors (Lipinski definition) is 3. The van der Waals surface area contributed by atoms with Crippen molar-refractivity contribution in [2.45, 2.75) is 58.6 Å². The highest BCUT2D eigenvalue weighted by atomic mass is 16.5. The summed E-state index contributed by atoms with van der Waals surface area (Å²) in [6.45, 7) is 6.92. The zero-order valence-corrected chi connectivity index (χ0v) is 15.1. The highest BCUT2D eigenvalue weighted by Crippen LogP contribution is 2.35. The minimum absolute atomic E-state index is 0.0938. The summed E-state index contributed by atoms with van der Waals surface area (Å²) in [5.74, 6) is 1.47. The topological polar surface area (TPSA) is 67.0 Å². The maximum absolute atomic E-state index is 12.6. The Morgan fingerprint density at radius 1 is 1.44 bits per heavy atom. The Bertz CT molecular complexity index is 822. The molecule has 0 saturated heterocycles. The second-order valence-corrected chi connectivity index (χ2v) is 8.04. The Hall–Kier alpha value is -2.30. The van der Waals surface area contributed by atoms with Gasteiger partial charge in [-0.3, -0.25) is 9.89 Å². The first-order chi connectivity index (χ1) is 11.9. The number of aryl methyl sites for hydroxylation is 1. The van der Waals surface area contributed by atoms with Crippen molar-refractivity contribution in [1.29, 1.82) is 0 Å². The van der Waals surface area contributed by atoms with Gasteiger partial charge in [-0.1, -0.05) is 19.1 Å². The van der Waals surface area contributed by atoms with Crippen LogP contribution in [0.1, 0.15) is 60.1 Å². The van der Waals surface area contributed by atoms with Crippen molar-refractivity contribution >= 4 is 5.91 Å². The van der Waals surface area contributed by atoms with E-state index < -0.39 is 0 Å². The third-order valence-electron chi connectivity index (χ3n) is 5.19. The van der Waals surface area contributed by atoms with Crippen molar-refractivity contribution in [3.63, 3.8) is 0 Å². The molecule has 0 spiro atoms. The summed E-state index contributed by atoms with van der Waals surface area (Å²) in [4.78, 5) is 12.6. The van der Waals surface area contributed by atoms with E-state index in [0.717, 1.165) is 48.3 Å². The highest BCUT2D eigenvalue weighted by molar-refractivity contribution is 5.94. The molecule has 1 aromatic heterocycles. The molecule has 1 aliphatic heterocycles. The summed E-state index contributed by atoms with van der Waals surface area (Å²) in [7, 11) is 0. The molecule has 2 aliphatic rings. The van der Waals surface area contributed by atoms with Gasteiger partial charge < -0.3 is 10.1 Å². The van der Waals surface area contributed by atoms with Crippen LogP contribution < -0.4 is 10.1 Å². The van der Waals surface area contributed by atoms with Gasteiger partial charge in [-0.25, -0.2) is 0 Å². The molecule has 1 amide bonds. The number of aromatic nitrogens is 2. The van der Waals surface area contributed by atoms with Gasteiger partial charge in [0.25, 0.3) is 5.91 Å². The van der Waals surface area contributed by atoms with E-state index in [0.29, 0.717) is 18.2 Å². The van der Waals surface area contributed by atoms with Gasteiger partial charge >= 0.3 is 0 Å². The van der Waals surface area contributed by atoms with Crippen molar-refractivity contribution in [3.05, 3.63) is 46.3 Å². The minimum atomic E-state index is -0.144. The Morgan fingerprint density at radius 3 is 3.12 bits per heavy atom. The van der Waals surface area contributed by atoms with Crippen LogP contribution in [0, 0.1) is 5.92 Å². The van der Waals surface area contributed by atoms with E-state index in [1.807, 2.05) is 12.1 Å². The zero-order chi connectivity index (χ0) is 17.6. The molecule has 1 atom stereocenters. The van der Waals surface area contributed by atoms with Crippen LogP contribution in [-0.4, -0.2) is 21.7 Å². The fraction of sp³-hybridized carbons (Fsp3) is 0.500. The number of amides is 1. The number of ether oxygens (including phenoxy) is 1. The van der Waals surface area contributed by atoms with E-state index in [9.17, 15) is 4.79 Å². The summed E-state index contributed by atoms with van der Waals surface area (Å²) in [6.07, 6.45) is 3.97. The van der Waals surface area contributed by atoms with Crippen LogP contribution >= 0.6 is 0 Å². The molecule has 2 aromatic rings. The van der Waals surface area contributed by atoms with Gasteiger partial charge in [-0.2, -0.15) is 5.10 Å². The Labute approximate surface area is 148 Å². The molecule has 132 valence electrons. The maximum atomic E-state index is 12.6. The molecule has 0 bridgehead atoms. The van der Waals surface area contributed by atoms with Gasteiger partial charge in [0.15, 0.2) is 5.69 Å². The van der Waals surface area contributed by atoms with E-state index in [-0.39, 0.29) is 11.5 Å². The first-order valence-corrected chi connectivity index (χ1v) is 9.06. The molecule has 2 heterocycles. The first kappa shape index (κ1) is 16.2. The maximum Gasteiger partial charge on any atom is 0.272 e. The van der Waals surface area contributed by atoms with E-state index in [2.05, 4.69) is 42.4 Å². The van der Waals surface area contributed by atoms with Gasteiger partial charge in [-0.05, 0) is 56.2 Å². The van der Waals surface area contributed by atoms with Crippen molar-refractivity contribution in [2.24, 2.45) is 5.92 Å². The second kappa shape index (κ2) is 5.90. The van der Waals surface area contributed by atoms with Crippen LogP contribution in [0.25, 0.3) is 0 Å². The van der Waals surface area contributed by atoms with Crippen LogP contribution in [0.4, 0.5) is 0 Å². The van der Waals surface area contributed by atoms with Crippen molar-refractivity contribution < 1.29 is 9.53 Å². The normalized spacial score (nSPS) is 20.5. The van der Waals surface area contributed by atoms with Crippen molar-refractivity contribution in [1.82, 2.24) is 15.5 Å². The summed E-state index contributed by atoms with van der Waals surface area (Å²) < 4.78 is 5.90. The number of fused-ring (bicyclic) bond motifs is 2. The number of carbonyl (C=O) groups excluding carboxylic acids is 1. The molecule has 5 heteroatoms. The lowest BCUT2D eigenvalue weighted by atomic mass is 9.87. The third kappa shape index (κ3) is 3.15. The van der Waals surface area contributed by atoms with Crippen LogP contribution in [0.5, 0.6) is 5.75 Å². The van der Waals surface area contributed by atoms with E-state index in [1.54, 1.807) is 0 Å². The van der Waals surface area contributed by atoms with Crippen LogP contribution in [-0.2, 0) is 25.8 Å². The Balaban J connectivity index is 1.44. The quantitative estimate of drug-likeness (QED) is 0.902. The van der Waals surface area contributed by atoms with E-state index in [1.165, 1.54) is 5.56 Å². The Kier molecular flexibility index (Phi) is 3.82. The molecule has 0 saturated carbocycles. The second-order valence-electron chi connectivity index (χ2n) is 8.04. The van der Waals surface area contributed by atoms with Gasteiger partial charge in [0.1, 0.15) is 11.4 Å². The molecule has 0 fully saturated rings. The molecule has 25 heavy (non-hydrogen) atoms. The van der Waals surface area contributed by atoms with Gasteiger partial charge in [0, 0.05) is 24.2 Å². The number of hydrogen-bond donors (Lipinski definition) is 2. The fourth-order valence-electron chi connectivity index (χ4n) is 3.90. The van der Waals surface area contributed by atoms with Crippen molar-refractivity contribution in [3.8, 4) is 5.75 Å². The molecule has 0 radical (unpaired) electrons. The van der Waals surface area contributed by atoms with Crippen LogP contribution in [0.2, 0.25) is 0 Å². The lowest BCUT2D eigenvalue weighted by Gasteiger charge is -2.18. The van der Waals surface area contributed by atoms with E-state index >= 15 is 0 Å². The summed E-state index contributed by atoms with van der Waals surface area (Å²) in [5, 5.41) is 10.3. The summed E-state index contributed by atoms with van der Waals surface area (Å²) in [5.41, 5.74) is 4.94. The smallest absolute Gasteiger partial charge is 0.272 e. The molecule has 1 unspecified atom stereocenters. The van der Waals surface area contributed by atoms with Crippen LogP contribution in [0.3, 0.4) is 0 Å². The number of rotatable bonds is 3. The van der Waals surface area contributed by atoms with Crippen molar-refractivity contribution in [2.75, 3.05) is 0 Å². The number of benzene rings is 1. The molecule has 5 nitrogen and oxygen atoms in total. The molecule has 2 N–H and O–H groups in total. The molecule has 4 rings (SSSR count). The predicted molar refractivity (Wildman–Crippen MR) is 95.8 cm³/mol. The van der Waals surface area contributed by atoms with Crippen LogP contribution in [0.15, 0.2) is 18.2 Å². The summed E-state index contributed by atoms with van der Waals surface area (Å²) >= 11 is 0. The largest absolute Gasteiger partial charge is 0.487 e. The van der Waals surface area contributed by atoms with E-state index in [4.69, 9.17) is 4.74 Å². The molecular weight excluding hydrogens is 314 g/mol. The highest BCUT2D eigenvalue weighted by Gasteiger charge is 2.30. The van der Waals surface area contributed by atoms with Gasteiger partial charge in [0.2, 0.25) is 0 Å². The first-order valence-electron chi connectivity index (χ1n) is 9.06. The third-order valence-corrected chi connectivity index (χ3v) is 5.19. The standard InChI is InChI=1S/C20H25N3O2/c1-12-4-6-16-15(8-12)18(23-22-16)19(24)21-11-13-5-7-17-14(9-13)10-20(2,3)25-17/h5,7,9,12H,4,6,8,10-11H2,1-3H3,(H,21,24)(H,22,23). The monoisotopic (exact) mass is 339 g/mol. The average molecular weight is 339 g/mol.